The number of thiophene rings is 1. The third-order valence-electron chi connectivity index (χ3n) is 3.93. The predicted molar refractivity (Wildman–Crippen MR) is 95.0 cm³/mol. The summed E-state index contributed by atoms with van der Waals surface area (Å²) in [4.78, 5) is 4.10. The number of fused-ring (bicyclic) bond motifs is 1. The molecule has 3 N–H and O–H groups in total. The molecule has 0 aromatic carbocycles. The molecular formula is C17H12BrN4S+. The van der Waals surface area contributed by atoms with Crippen molar-refractivity contribution in [2.45, 2.75) is 13.8 Å². The van der Waals surface area contributed by atoms with Crippen LogP contribution in [0.5, 0.6) is 0 Å². The molecule has 4 nitrogen and oxygen atoms in total. The van der Waals surface area contributed by atoms with Crippen LogP contribution in [0.3, 0.4) is 0 Å². The summed E-state index contributed by atoms with van der Waals surface area (Å²) >= 11 is 5.07. The Morgan fingerprint density at radius 2 is 2.00 bits per heavy atom. The Kier molecular flexibility index (Phi) is 3.81. The first-order valence-electron chi connectivity index (χ1n) is 6.82. The van der Waals surface area contributed by atoms with Crippen molar-refractivity contribution in [2.75, 3.05) is 5.73 Å². The third kappa shape index (κ3) is 2.37. The number of allylic oxidation sites excluding steroid dienone is 3. The summed E-state index contributed by atoms with van der Waals surface area (Å²) in [6.07, 6.45) is 2.05. The van der Waals surface area contributed by atoms with E-state index in [2.05, 4.69) is 33.1 Å². The normalized spacial score (nSPS) is 14.7. The molecule has 0 unspecified atom stereocenters. The van der Waals surface area contributed by atoms with Gasteiger partial charge in [-0.05, 0) is 64.7 Å². The van der Waals surface area contributed by atoms with Gasteiger partial charge < -0.3 is 0 Å². The molecule has 0 spiro atoms. The number of pyridine rings is 1. The lowest BCUT2D eigenvalue weighted by Crippen LogP contribution is -2.20. The van der Waals surface area contributed by atoms with Crippen molar-refractivity contribution in [2.24, 2.45) is 0 Å². The molecule has 1 aliphatic carbocycles. The Hall–Kier alpha value is -2.41. The number of nitrogens with two attached hydrogens (primary N) is 1. The molecule has 0 amide bonds. The second-order valence-corrected chi connectivity index (χ2v) is 7.71. The molecule has 0 saturated heterocycles. The fraction of sp³-hybridized carbons (Fsp3) is 0.118. The highest BCUT2D eigenvalue weighted by molar-refractivity contribution is 9.11. The van der Waals surface area contributed by atoms with Gasteiger partial charge in [0.1, 0.15) is 23.3 Å². The first-order chi connectivity index (χ1) is 11.0. The highest BCUT2D eigenvalue weighted by atomic mass is 79.9. The van der Waals surface area contributed by atoms with Crippen LogP contribution in [0.2, 0.25) is 0 Å². The molecule has 0 fully saturated rings. The number of aromatic amines is 1. The number of rotatable bonds is 1. The molecule has 112 valence electrons. The summed E-state index contributed by atoms with van der Waals surface area (Å²) in [5.74, 6) is 0.296. The smallest absolute Gasteiger partial charge is 0.286 e. The topological polar surface area (TPSA) is 87.7 Å². The van der Waals surface area contributed by atoms with Crippen LogP contribution in [-0.2, 0) is 0 Å². The lowest BCUT2D eigenvalue weighted by atomic mass is 9.97. The fourth-order valence-corrected chi connectivity index (χ4v) is 4.19. The Labute approximate surface area is 146 Å². The van der Waals surface area contributed by atoms with Gasteiger partial charge in [0.05, 0.1) is 3.79 Å². The van der Waals surface area contributed by atoms with Gasteiger partial charge in [0, 0.05) is 10.4 Å². The van der Waals surface area contributed by atoms with Crippen molar-refractivity contribution >= 4 is 50.3 Å². The highest BCUT2D eigenvalue weighted by Crippen LogP contribution is 2.43. The van der Waals surface area contributed by atoms with Gasteiger partial charge >= 0.3 is 0 Å². The van der Waals surface area contributed by atoms with Crippen LogP contribution in [0.15, 0.2) is 21.5 Å². The van der Waals surface area contributed by atoms with E-state index in [1.165, 1.54) is 0 Å². The highest BCUT2D eigenvalue weighted by Gasteiger charge is 2.32. The first-order valence-corrected chi connectivity index (χ1v) is 8.43. The third-order valence-corrected chi connectivity index (χ3v) is 5.50. The fourth-order valence-electron chi connectivity index (χ4n) is 2.82. The maximum atomic E-state index is 9.51. The number of nitrogens with zero attached hydrogens (tertiary/aromatic N) is 2. The monoisotopic (exact) mass is 383 g/mol. The summed E-state index contributed by atoms with van der Waals surface area (Å²) in [6, 6.07) is 8.39. The maximum absolute atomic E-state index is 9.51. The zero-order chi connectivity index (χ0) is 16.7. The van der Waals surface area contributed by atoms with E-state index in [1.54, 1.807) is 11.3 Å². The number of halogens is 1. The van der Waals surface area contributed by atoms with Crippen molar-refractivity contribution in [3.05, 3.63) is 48.8 Å². The number of hydrogen-bond donors (Lipinski definition) is 1. The quantitative estimate of drug-likeness (QED) is 0.808. The summed E-state index contributed by atoms with van der Waals surface area (Å²) in [6.45, 7) is 3.79. The molecule has 0 aliphatic heterocycles. The van der Waals surface area contributed by atoms with Crippen LogP contribution in [0.4, 0.5) is 5.82 Å². The average Bonchev–Trinajstić information content (AvgIpc) is 3.02. The molecule has 2 heterocycles. The molecule has 6 heteroatoms. The number of hydrogen-bond acceptors (Lipinski definition) is 4. The SMILES string of the molecule is CC1=C(C#N)c2[nH+]c(N)c(C#N)c(C)c2/C1=C/c1ccc(Br)s1. The number of nitrogen functional groups attached to an aromatic ring is 1. The maximum Gasteiger partial charge on any atom is 0.289 e. The van der Waals surface area contributed by atoms with E-state index in [9.17, 15) is 10.5 Å². The van der Waals surface area contributed by atoms with Gasteiger partial charge in [0.15, 0.2) is 5.69 Å². The Balaban J connectivity index is 2.34. The van der Waals surface area contributed by atoms with E-state index in [-0.39, 0.29) is 0 Å². The molecular weight excluding hydrogens is 372 g/mol. The van der Waals surface area contributed by atoms with Crippen LogP contribution < -0.4 is 10.7 Å². The number of anilines is 1. The standard InChI is InChI=1S/C17H11BrN4S/c1-8-11(5-10-3-4-14(18)23-10)15-9(2)13(7-20)17(21)22-16(15)12(8)6-19/h3-5H,1-2H3,(H2,21,22)/p+1/b11-5+. The summed E-state index contributed by atoms with van der Waals surface area (Å²) < 4.78 is 1.04. The molecule has 0 bridgehead atoms. The van der Waals surface area contributed by atoms with Crippen molar-refractivity contribution in [1.29, 1.82) is 10.5 Å². The summed E-state index contributed by atoms with van der Waals surface area (Å²) in [5.41, 5.74) is 11.2. The Bertz CT molecular complexity index is 983. The van der Waals surface area contributed by atoms with Crippen molar-refractivity contribution < 1.29 is 4.98 Å². The molecule has 0 saturated carbocycles. The minimum Gasteiger partial charge on any atom is -0.286 e. The summed E-state index contributed by atoms with van der Waals surface area (Å²) in [7, 11) is 0. The largest absolute Gasteiger partial charge is 0.289 e. The van der Waals surface area contributed by atoms with E-state index in [0.717, 1.165) is 30.9 Å². The van der Waals surface area contributed by atoms with Crippen LogP contribution in [0.1, 0.15) is 34.2 Å². The second-order valence-electron chi connectivity index (χ2n) is 5.21. The Morgan fingerprint density at radius 1 is 1.26 bits per heavy atom. The minimum absolute atomic E-state index is 0.296. The van der Waals surface area contributed by atoms with E-state index < -0.39 is 0 Å². The molecule has 23 heavy (non-hydrogen) atoms. The number of nitriles is 2. The van der Waals surface area contributed by atoms with E-state index in [4.69, 9.17) is 5.73 Å². The Morgan fingerprint density at radius 3 is 2.57 bits per heavy atom. The zero-order valence-electron chi connectivity index (χ0n) is 12.5. The molecule has 2 aromatic heterocycles. The van der Waals surface area contributed by atoms with Crippen molar-refractivity contribution in [3.63, 3.8) is 0 Å². The lowest BCUT2D eigenvalue weighted by Gasteiger charge is -2.07. The van der Waals surface area contributed by atoms with E-state index >= 15 is 0 Å². The summed E-state index contributed by atoms with van der Waals surface area (Å²) in [5, 5.41) is 18.9. The van der Waals surface area contributed by atoms with Gasteiger partial charge in [0.2, 0.25) is 0 Å². The molecule has 3 rings (SSSR count). The number of aromatic nitrogens is 1. The number of nitrogens with one attached hydrogen (secondary N) is 1. The average molecular weight is 384 g/mol. The first kappa shape index (κ1) is 15.5. The molecule has 0 radical (unpaired) electrons. The molecule has 1 aliphatic rings. The predicted octanol–water partition coefficient (Wildman–Crippen LogP) is 3.94. The minimum atomic E-state index is 0.296. The molecule has 2 aromatic rings. The van der Waals surface area contributed by atoms with E-state index in [1.807, 2.05) is 32.1 Å². The van der Waals surface area contributed by atoms with Crippen molar-refractivity contribution in [1.82, 2.24) is 0 Å². The van der Waals surface area contributed by atoms with Gasteiger partial charge in [-0.15, -0.1) is 11.3 Å². The number of H-pyrrole nitrogens is 1. The molecule has 0 atom stereocenters. The van der Waals surface area contributed by atoms with Gasteiger partial charge in [-0.1, -0.05) is 0 Å². The lowest BCUT2D eigenvalue weighted by molar-refractivity contribution is -0.364. The van der Waals surface area contributed by atoms with Gasteiger partial charge in [-0.3, -0.25) is 5.73 Å². The van der Waals surface area contributed by atoms with Crippen LogP contribution in [0.25, 0.3) is 17.2 Å². The van der Waals surface area contributed by atoms with Crippen molar-refractivity contribution in [3.8, 4) is 12.1 Å². The van der Waals surface area contributed by atoms with Crippen LogP contribution >= 0.6 is 27.3 Å². The zero-order valence-corrected chi connectivity index (χ0v) is 14.9. The van der Waals surface area contributed by atoms with Crippen LogP contribution in [0, 0.1) is 29.6 Å². The van der Waals surface area contributed by atoms with Crippen LogP contribution in [-0.4, -0.2) is 0 Å². The van der Waals surface area contributed by atoms with E-state index in [0.29, 0.717) is 22.6 Å². The van der Waals surface area contributed by atoms with Gasteiger partial charge in [0.25, 0.3) is 5.82 Å². The second kappa shape index (κ2) is 5.66. The van der Waals surface area contributed by atoms with Gasteiger partial charge in [-0.2, -0.15) is 10.5 Å². The van der Waals surface area contributed by atoms with Gasteiger partial charge in [-0.25, -0.2) is 4.98 Å².